The van der Waals surface area contributed by atoms with Crippen molar-refractivity contribution in [1.29, 1.82) is 0 Å². The van der Waals surface area contributed by atoms with Crippen LogP contribution in [0, 0.1) is 0 Å². The maximum atomic E-state index is 12.7. The van der Waals surface area contributed by atoms with E-state index in [2.05, 4.69) is 10.2 Å². The average Bonchev–Trinajstić information content (AvgIpc) is 3.29. The first-order valence-electron chi connectivity index (χ1n) is 10.9. The fraction of sp³-hybridized carbons (Fsp3) is 0.231. The molecule has 0 bridgehead atoms. The van der Waals surface area contributed by atoms with Gasteiger partial charge in [0, 0.05) is 18.8 Å². The first kappa shape index (κ1) is 20.1. The van der Waals surface area contributed by atoms with Crippen LogP contribution in [-0.4, -0.2) is 36.8 Å². The number of benzene rings is 3. The van der Waals surface area contributed by atoms with Gasteiger partial charge in [-0.15, -0.1) is 0 Å². The summed E-state index contributed by atoms with van der Waals surface area (Å²) < 4.78 is 11.5. The Balaban J connectivity index is 1.43. The summed E-state index contributed by atoms with van der Waals surface area (Å²) >= 11 is 0. The Morgan fingerprint density at radius 1 is 1.03 bits per heavy atom. The van der Waals surface area contributed by atoms with Gasteiger partial charge in [0.25, 0.3) is 0 Å². The fourth-order valence-corrected chi connectivity index (χ4v) is 4.14. The molecule has 0 radical (unpaired) electrons. The van der Waals surface area contributed by atoms with Gasteiger partial charge >= 0.3 is 0 Å². The molecular weight excluding hydrogens is 402 g/mol. The molecule has 2 aliphatic rings. The van der Waals surface area contributed by atoms with Crippen molar-refractivity contribution in [1.82, 2.24) is 4.90 Å². The Bertz CT molecular complexity index is 1180. The maximum Gasteiger partial charge on any atom is 0.228 e. The van der Waals surface area contributed by atoms with Crippen LogP contribution < -0.4 is 14.8 Å². The zero-order valence-electron chi connectivity index (χ0n) is 18.0. The van der Waals surface area contributed by atoms with Gasteiger partial charge in [-0.1, -0.05) is 24.3 Å². The minimum absolute atomic E-state index is 0.0873. The van der Waals surface area contributed by atoms with Crippen LogP contribution in [0.2, 0.25) is 0 Å². The Hall–Kier alpha value is -3.80. The Kier molecular flexibility index (Phi) is 5.50. The summed E-state index contributed by atoms with van der Waals surface area (Å²) in [6.45, 7) is 1.93. The van der Waals surface area contributed by atoms with Crippen molar-refractivity contribution in [2.75, 3.05) is 25.5 Å². The number of para-hydroxylation sites is 2. The molecule has 32 heavy (non-hydrogen) atoms. The lowest BCUT2D eigenvalue weighted by Crippen LogP contribution is -2.28. The molecule has 3 aromatic carbocycles. The van der Waals surface area contributed by atoms with Gasteiger partial charge in [0.15, 0.2) is 5.75 Å². The predicted octanol–water partition coefficient (Wildman–Crippen LogP) is 5.16. The standard InChI is InChI=1S/C26H25N3O3/c1-31-20-8-6-7-18(15-20)16-25(30)27-19-11-12-23-21(17-19)26(29-13-4-5-14-29)28-22-9-2-3-10-24(22)32-23/h2-3,6-12,15,17H,4-5,13-14,16H2,1H3,(H,27,30). The van der Waals surface area contributed by atoms with Crippen molar-refractivity contribution >= 4 is 23.1 Å². The van der Waals surface area contributed by atoms with Crippen LogP contribution in [0.15, 0.2) is 71.7 Å². The van der Waals surface area contributed by atoms with Gasteiger partial charge in [-0.2, -0.15) is 0 Å². The van der Waals surface area contributed by atoms with Crippen LogP contribution >= 0.6 is 0 Å². The normalized spacial score (nSPS) is 14.5. The molecule has 6 heteroatoms. The quantitative estimate of drug-likeness (QED) is 0.625. The van der Waals surface area contributed by atoms with Gasteiger partial charge in [0.05, 0.1) is 19.1 Å². The molecule has 1 N–H and O–H groups in total. The summed E-state index contributed by atoms with van der Waals surface area (Å²) in [7, 11) is 1.62. The minimum Gasteiger partial charge on any atom is -0.497 e. The van der Waals surface area contributed by atoms with E-state index in [1.165, 1.54) is 0 Å². The van der Waals surface area contributed by atoms with E-state index >= 15 is 0 Å². The van der Waals surface area contributed by atoms with E-state index in [4.69, 9.17) is 14.5 Å². The molecule has 162 valence electrons. The van der Waals surface area contributed by atoms with Crippen molar-refractivity contribution in [3.05, 3.63) is 77.9 Å². The molecule has 1 amide bonds. The lowest BCUT2D eigenvalue weighted by atomic mass is 10.1. The Labute approximate surface area is 187 Å². The highest BCUT2D eigenvalue weighted by Gasteiger charge is 2.25. The number of ether oxygens (including phenoxy) is 2. The molecule has 0 spiro atoms. The number of amidine groups is 1. The number of carbonyl (C=O) groups excluding carboxylic acids is 1. The number of hydrogen-bond donors (Lipinski definition) is 1. The number of hydrogen-bond acceptors (Lipinski definition) is 5. The van der Waals surface area contributed by atoms with E-state index in [1.807, 2.05) is 66.7 Å². The van der Waals surface area contributed by atoms with E-state index in [-0.39, 0.29) is 12.3 Å². The van der Waals surface area contributed by atoms with E-state index in [9.17, 15) is 4.79 Å². The molecule has 0 saturated carbocycles. The van der Waals surface area contributed by atoms with Gasteiger partial charge in [0.1, 0.15) is 23.0 Å². The van der Waals surface area contributed by atoms with Crippen LogP contribution in [-0.2, 0) is 11.2 Å². The van der Waals surface area contributed by atoms with Crippen molar-refractivity contribution in [3.8, 4) is 17.2 Å². The van der Waals surface area contributed by atoms with E-state index in [0.29, 0.717) is 0 Å². The number of nitrogens with one attached hydrogen (secondary N) is 1. The van der Waals surface area contributed by atoms with Gasteiger partial charge in [-0.3, -0.25) is 4.79 Å². The average molecular weight is 428 g/mol. The number of methoxy groups -OCH3 is 1. The molecular formula is C26H25N3O3. The summed E-state index contributed by atoms with van der Waals surface area (Å²) in [5.74, 6) is 3.02. The maximum absolute atomic E-state index is 12.7. The number of nitrogens with zero attached hydrogens (tertiary/aromatic N) is 2. The molecule has 6 nitrogen and oxygen atoms in total. The zero-order chi connectivity index (χ0) is 21.9. The third-order valence-electron chi connectivity index (χ3n) is 5.72. The van der Waals surface area contributed by atoms with E-state index in [0.717, 1.165) is 71.5 Å². The summed E-state index contributed by atoms with van der Waals surface area (Å²) in [5, 5.41) is 3.02. The smallest absolute Gasteiger partial charge is 0.228 e. The SMILES string of the molecule is COc1cccc(CC(=O)Nc2ccc3c(c2)C(N2CCCC2)=Nc2ccccc2O3)c1. The monoisotopic (exact) mass is 427 g/mol. The zero-order valence-corrected chi connectivity index (χ0v) is 18.0. The highest BCUT2D eigenvalue weighted by Crippen LogP contribution is 2.39. The van der Waals surface area contributed by atoms with Crippen LogP contribution in [0.1, 0.15) is 24.0 Å². The van der Waals surface area contributed by atoms with Crippen molar-refractivity contribution in [3.63, 3.8) is 0 Å². The predicted molar refractivity (Wildman–Crippen MR) is 125 cm³/mol. The molecule has 0 unspecified atom stereocenters. The number of carbonyl (C=O) groups is 1. The first-order chi connectivity index (χ1) is 15.7. The summed E-state index contributed by atoms with van der Waals surface area (Å²) in [6, 6.07) is 21.1. The number of rotatable bonds is 4. The van der Waals surface area contributed by atoms with Crippen molar-refractivity contribution in [2.24, 2.45) is 4.99 Å². The molecule has 2 aliphatic heterocycles. The first-order valence-corrected chi connectivity index (χ1v) is 10.9. The number of amides is 1. The third-order valence-corrected chi connectivity index (χ3v) is 5.72. The molecule has 1 fully saturated rings. The van der Waals surface area contributed by atoms with Gasteiger partial charge in [-0.05, 0) is 60.9 Å². The summed E-state index contributed by atoms with van der Waals surface area (Å²) in [5.41, 5.74) is 3.32. The van der Waals surface area contributed by atoms with E-state index < -0.39 is 0 Å². The van der Waals surface area contributed by atoms with Crippen molar-refractivity contribution < 1.29 is 14.3 Å². The van der Waals surface area contributed by atoms with Gasteiger partial charge in [0.2, 0.25) is 5.91 Å². The molecule has 0 atom stereocenters. The molecule has 0 aliphatic carbocycles. The van der Waals surface area contributed by atoms with Gasteiger partial charge < -0.3 is 19.7 Å². The fourth-order valence-electron chi connectivity index (χ4n) is 4.14. The molecule has 3 aromatic rings. The lowest BCUT2D eigenvalue weighted by Gasteiger charge is -2.21. The summed E-state index contributed by atoms with van der Waals surface area (Å²) in [4.78, 5) is 20.0. The minimum atomic E-state index is -0.0873. The number of fused-ring (bicyclic) bond motifs is 2. The number of aliphatic imine (C=N–C) groups is 1. The largest absolute Gasteiger partial charge is 0.497 e. The Morgan fingerprint density at radius 2 is 1.88 bits per heavy atom. The third kappa shape index (κ3) is 4.17. The molecule has 1 saturated heterocycles. The van der Waals surface area contributed by atoms with E-state index in [1.54, 1.807) is 7.11 Å². The number of likely N-dealkylation sites (tertiary alicyclic amines) is 1. The highest BCUT2D eigenvalue weighted by atomic mass is 16.5. The molecule has 2 heterocycles. The van der Waals surface area contributed by atoms with Gasteiger partial charge in [-0.25, -0.2) is 4.99 Å². The molecule has 5 rings (SSSR count). The second kappa shape index (κ2) is 8.75. The topological polar surface area (TPSA) is 63.2 Å². The van der Waals surface area contributed by atoms with Crippen LogP contribution in [0.3, 0.4) is 0 Å². The second-order valence-corrected chi connectivity index (χ2v) is 7.99. The molecule has 0 aromatic heterocycles. The second-order valence-electron chi connectivity index (χ2n) is 7.99. The van der Waals surface area contributed by atoms with Crippen LogP contribution in [0.4, 0.5) is 11.4 Å². The summed E-state index contributed by atoms with van der Waals surface area (Å²) in [6.07, 6.45) is 2.56. The van der Waals surface area contributed by atoms with Crippen LogP contribution in [0.25, 0.3) is 0 Å². The van der Waals surface area contributed by atoms with Crippen LogP contribution in [0.5, 0.6) is 17.2 Å². The highest BCUT2D eigenvalue weighted by molar-refractivity contribution is 6.05. The van der Waals surface area contributed by atoms with Crippen molar-refractivity contribution in [2.45, 2.75) is 19.3 Å². The Morgan fingerprint density at radius 3 is 2.72 bits per heavy atom. The lowest BCUT2D eigenvalue weighted by molar-refractivity contribution is -0.115. The number of anilines is 1.